The van der Waals surface area contributed by atoms with E-state index in [0.717, 1.165) is 45.3 Å². The molecule has 0 aromatic carbocycles. The first-order valence-corrected chi connectivity index (χ1v) is 8.50. The van der Waals surface area contributed by atoms with Gasteiger partial charge in [-0.05, 0) is 26.2 Å². The molecule has 1 saturated carbocycles. The highest BCUT2D eigenvalue weighted by Crippen LogP contribution is 2.19. The summed E-state index contributed by atoms with van der Waals surface area (Å²) >= 11 is 0. The third-order valence-electron chi connectivity index (χ3n) is 3.74. The monoisotopic (exact) mass is 299 g/mol. The van der Waals surface area contributed by atoms with Gasteiger partial charge in [0, 0.05) is 33.4 Å². The molecule has 5 nitrogen and oxygen atoms in total. The molecule has 0 aromatic heterocycles. The largest absolute Gasteiger partial charge is 0.382 e. The van der Waals surface area contributed by atoms with Crippen LogP contribution in [0.3, 0.4) is 0 Å². The van der Waals surface area contributed by atoms with Crippen LogP contribution in [0.4, 0.5) is 0 Å². The molecule has 0 amide bonds. The number of nitrogens with one attached hydrogen (secondary N) is 2. The van der Waals surface area contributed by atoms with E-state index in [9.17, 15) is 0 Å². The van der Waals surface area contributed by atoms with Gasteiger partial charge in [0.15, 0.2) is 5.96 Å². The van der Waals surface area contributed by atoms with Crippen LogP contribution in [0.15, 0.2) is 4.99 Å². The lowest BCUT2D eigenvalue weighted by Crippen LogP contribution is -2.40. The van der Waals surface area contributed by atoms with Crippen LogP contribution in [-0.2, 0) is 9.47 Å². The molecule has 0 unspecified atom stereocenters. The van der Waals surface area contributed by atoms with Gasteiger partial charge < -0.3 is 20.1 Å². The average molecular weight is 299 g/mol. The molecule has 0 heterocycles. The highest BCUT2D eigenvalue weighted by atomic mass is 16.5. The highest BCUT2D eigenvalue weighted by molar-refractivity contribution is 5.79. The summed E-state index contributed by atoms with van der Waals surface area (Å²) in [5.74, 6) is 0.843. The normalized spacial score (nSPS) is 17.5. The van der Waals surface area contributed by atoms with E-state index in [0.29, 0.717) is 6.10 Å². The van der Waals surface area contributed by atoms with Gasteiger partial charge in [-0.15, -0.1) is 0 Å². The number of ether oxygens (including phenoxy) is 2. The van der Waals surface area contributed by atoms with Crippen molar-refractivity contribution in [1.29, 1.82) is 0 Å². The van der Waals surface area contributed by atoms with Crippen LogP contribution in [0.5, 0.6) is 0 Å². The van der Waals surface area contributed by atoms with E-state index in [4.69, 9.17) is 9.47 Å². The van der Waals surface area contributed by atoms with Crippen molar-refractivity contribution in [3.05, 3.63) is 0 Å². The third-order valence-corrected chi connectivity index (χ3v) is 3.74. The maximum absolute atomic E-state index is 5.95. The zero-order chi connectivity index (χ0) is 15.2. The molecule has 21 heavy (non-hydrogen) atoms. The van der Waals surface area contributed by atoms with Gasteiger partial charge in [-0.2, -0.15) is 0 Å². The molecular weight excluding hydrogens is 266 g/mol. The Morgan fingerprint density at radius 1 is 1.05 bits per heavy atom. The Morgan fingerprint density at radius 2 is 1.76 bits per heavy atom. The van der Waals surface area contributed by atoms with E-state index in [1.165, 1.54) is 38.5 Å². The quantitative estimate of drug-likeness (QED) is 0.297. The van der Waals surface area contributed by atoms with Crippen LogP contribution in [0.2, 0.25) is 0 Å². The fraction of sp³-hybridized carbons (Fsp3) is 0.938. The second kappa shape index (κ2) is 12.9. The van der Waals surface area contributed by atoms with Gasteiger partial charge in [0.1, 0.15) is 0 Å². The standard InChI is InChI=1S/C16H33N3O2/c1-3-20-13-8-11-18-16(17-2)19-12-14-21-15-9-6-4-5-7-10-15/h15H,3-14H2,1-2H3,(H2,17,18,19). The summed E-state index contributed by atoms with van der Waals surface area (Å²) in [6.45, 7) is 6.04. The van der Waals surface area contributed by atoms with Crippen molar-refractivity contribution in [3.8, 4) is 0 Å². The Bertz CT molecular complexity index is 264. The fourth-order valence-corrected chi connectivity index (χ4v) is 2.55. The van der Waals surface area contributed by atoms with Gasteiger partial charge in [0.25, 0.3) is 0 Å². The molecule has 5 heteroatoms. The number of guanidine groups is 1. The van der Waals surface area contributed by atoms with Gasteiger partial charge in [-0.25, -0.2) is 0 Å². The van der Waals surface area contributed by atoms with E-state index in [-0.39, 0.29) is 0 Å². The fourth-order valence-electron chi connectivity index (χ4n) is 2.55. The van der Waals surface area contributed by atoms with Crippen LogP contribution in [0.25, 0.3) is 0 Å². The second-order valence-electron chi connectivity index (χ2n) is 5.46. The van der Waals surface area contributed by atoms with Crippen molar-refractivity contribution < 1.29 is 9.47 Å². The molecule has 1 rings (SSSR count). The van der Waals surface area contributed by atoms with Crippen LogP contribution in [0, 0.1) is 0 Å². The van der Waals surface area contributed by atoms with Gasteiger partial charge in [0.05, 0.1) is 12.7 Å². The van der Waals surface area contributed by atoms with E-state index in [1.54, 1.807) is 7.05 Å². The van der Waals surface area contributed by atoms with E-state index >= 15 is 0 Å². The number of hydrogen-bond acceptors (Lipinski definition) is 3. The van der Waals surface area contributed by atoms with Gasteiger partial charge in [-0.1, -0.05) is 25.7 Å². The summed E-state index contributed by atoms with van der Waals surface area (Å²) in [6, 6.07) is 0. The molecule has 0 spiro atoms. The zero-order valence-electron chi connectivity index (χ0n) is 13.8. The number of hydrogen-bond donors (Lipinski definition) is 2. The summed E-state index contributed by atoms with van der Waals surface area (Å²) in [4.78, 5) is 4.20. The highest BCUT2D eigenvalue weighted by Gasteiger charge is 2.11. The number of aliphatic imine (C=N–C) groups is 1. The van der Waals surface area contributed by atoms with Crippen molar-refractivity contribution in [1.82, 2.24) is 10.6 Å². The predicted molar refractivity (Wildman–Crippen MR) is 87.9 cm³/mol. The SMILES string of the molecule is CCOCCCNC(=NC)NCCOC1CCCCCC1. The number of rotatable bonds is 9. The summed E-state index contributed by atoms with van der Waals surface area (Å²) in [7, 11) is 1.80. The van der Waals surface area contributed by atoms with Crippen molar-refractivity contribution in [2.45, 2.75) is 58.0 Å². The molecular formula is C16H33N3O2. The molecule has 1 fully saturated rings. The van der Waals surface area contributed by atoms with Crippen molar-refractivity contribution in [2.24, 2.45) is 4.99 Å². The topological polar surface area (TPSA) is 54.9 Å². The Kier molecular flexibility index (Phi) is 11.2. The lowest BCUT2D eigenvalue weighted by molar-refractivity contribution is 0.0468. The molecule has 0 radical (unpaired) electrons. The summed E-state index contributed by atoms with van der Waals surface area (Å²) in [6.07, 6.45) is 9.30. The van der Waals surface area contributed by atoms with Crippen LogP contribution in [-0.4, -0.2) is 52.0 Å². The molecule has 0 atom stereocenters. The van der Waals surface area contributed by atoms with E-state index in [1.807, 2.05) is 6.92 Å². The van der Waals surface area contributed by atoms with Crippen molar-refractivity contribution in [3.63, 3.8) is 0 Å². The first-order valence-electron chi connectivity index (χ1n) is 8.50. The van der Waals surface area contributed by atoms with E-state index in [2.05, 4.69) is 15.6 Å². The summed E-state index contributed by atoms with van der Waals surface area (Å²) in [5.41, 5.74) is 0. The Hall–Kier alpha value is -0.810. The zero-order valence-corrected chi connectivity index (χ0v) is 13.8. The molecule has 0 aliphatic heterocycles. The molecule has 0 saturated heterocycles. The molecule has 124 valence electrons. The molecule has 1 aliphatic rings. The molecule has 0 bridgehead atoms. The third kappa shape index (κ3) is 9.69. The lowest BCUT2D eigenvalue weighted by Gasteiger charge is -2.16. The van der Waals surface area contributed by atoms with Gasteiger partial charge in [-0.3, -0.25) is 4.99 Å². The van der Waals surface area contributed by atoms with Crippen molar-refractivity contribution in [2.75, 3.05) is 40.0 Å². The minimum absolute atomic E-state index is 0.468. The first kappa shape index (κ1) is 18.2. The minimum Gasteiger partial charge on any atom is -0.382 e. The van der Waals surface area contributed by atoms with Crippen LogP contribution < -0.4 is 10.6 Å². The Labute approximate surface area is 129 Å². The van der Waals surface area contributed by atoms with E-state index < -0.39 is 0 Å². The maximum atomic E-state index is 5.95. The Morgan fingerprint density at radius 3 is 2.43 bits per heavy atom. The first-order chi connectivity index (χ1) is 10.4. The second-order valence-corrected chi connectivity index (χ2v) is 5.46. The molecule has 2 N–H and O–H groups in total. The number of nitrogens with zero attached hydrogens (tertiary/aromatic N) is 1. The lowest BCUT2D eigenvalue weighted by atomic mass is 10.1. The van der Waals surface area contributed by atoms with Gasteiger partial charge in [0.2, 0.25) is 0 Å². The average Bonchev–Trinajstić information content (AvgIpc) is 2.78. The predicted octanol–water partition coefficient (Wildman–Crippen LogP) is 2.32. The Balaban J connectivity index is 2.01. The molecule has 0 aromatic rings. The van der Waals surface area contributed by atoms with Crippen LogP contribution >= 0.6 is 0 Å². The molecule has 1 aliphatic carbocycles. The smallest absolute Gasteiger partial charge is 0.191 e. The summed E-state index contributed by atoms with van der Waals surface area (Å²) in [5, 5.41) is 6.57. The van der Waals surface area contributed by atoms with Crippen LogP contribution in [0.1, 0.15) is 51.9 Å². The summed E-state index contributed by atoms with van der Waals surface area (Å²) < 4.78 is 11.3. The minimum atomic E-state index is 0.468. The van der Waals surface area contributed by atoms with Crippen molar-refractivity contribution >= 4 is 5.96 Å². The maximum Gasteiger partial charge on any atom is 0.191 e. The van der Waals surface area contributed by atoms with Gasteiger partial charge >= 0.3 is 0 Å².